The molecule has 1 atom stereocenters. The third-order valence-corrected chi connectivity index (χ3v) is 6.07. The molecular weight excluding hydrogens is 423 g/mol. The lowest BCUT2D eigenvalue weighted by atomic mass is 9.83. The van der Waals surface area contributed by atoms with Gasteiger partial charge in [0.05, 0.1) is 0 Å². The fourth-order valence-corrected chi connectivity index (χ4v) is 4.34. The van der Waals surface area contributed by atoms with Gasteiger partial charge in [0.2, 0.25) is 0 Å². The molecule has 1 aliphatic carbocycles. The van der Waals surface area contributed by atoms with Gasteiger partial charge in [-0.25, -0.2) is 0 Å². The smallest absolute Gasteiger partial charge is 0.193 e. The number of halogens is 1. The van der Waals surface area contributed by atoms with Gasteiger partial charge in [-0.1, -0.05) is 19.8 Å². The van der Waals surface area contributed by atoms with Gasteiger partial charge in [-0.15, -0.1) is 24.0 Å². The maximum atomic E-state index is 4.52. The maximum absolute atomic E-state index is 4.52. The zero-order valence-corrected chi connectivity index (χ0v) is 19.5. The van der Waals surface area contributed by atoms with E-state index in [9.17, 15) is 0 Å². The summed E-state index contributed by atoms with van der Waals surface area (Å²) in [6.45, 7) is 11.7. The number of likely N-dealkylation sites (tertiary alicyclic amines) is 1. The summed E-state index contributed by atoms with van der Waals surface area (Å²) < 4.78 is 0. The molecule has 0 spiro atoms. The van der Waals surface area contributed by atoms with E-state index < -0.39 is 0 Å². The Morgan fingerprint density at radius 1 is 1.16 bits per heavy atom. The minimum Gasteiger partial charge on any atom is -0.356 e. The summed E-state index contributed by atoms with van der Waals surface area (Å²) in [5.74, 6) is 3.60. The van der Waals surface area contributed by atoms with Crippen LogP contribution >= 0.6 is 24.0 Å². The van der Waals surface area contributed by atoms with Crippen molar-refractivity contribution in [2.45, 2.75) is 65.3 Å². The molecule has 4 nitrogen and oxygen atoms in total. The molecule has 2 fully saturated rings. The van der Waals surface area contributed by atoms with Gasteiger partial charge >= 0.3 is 0 Å². The highest BCUT2D eigenvalue weighted by Gasteiger charge is 2.23. The molecule has 2 rings (SSSR count). The summed E-state index contributed by atoms with van der Waals surface area (Å²) in [4.78, 5) is 9.49. The highest BCUT2D eigenvalue weighted by atomic mass is 127. The number of aliphatic imine (C=N–C) groups is 1. The number of hydrogen-bond donors (Lipinski definition) is 1. The van der Waals surface area contributed by atoms with Crippen molar-refractivity contribution < 1.29 is 0 Å². The van der Waals surface area contributed by atoms with Crippen molar-refractivity contribution in [1.29, 1.82) is 0 Å². The maximum Gasteiger partial charge on any atom is 0.193 e. The highest BCUT2D eigenvalue weighted by molar-refractivity contribution is 14.0. The van der Waals surface area contributed by atoms with Crippen molar-refractivity contribution in [1.82, 2.24) is 15.1 Å². The van der Waals surface area contributed by atoms with Crippen LogP contribution in [0.4, 0.5) is 0 Å². The molecule has 0 radical (unpaired) electrons. The summed E-state index contributed by atoms with van der Waals surface area (Å²) in [6.07, 6.45) is 8.24. The van der Waals surface area contributed by atoms with Crippen molar-refractivity contribution in [2.75, 3.05) is 40.3 Å². The van der Waals surface area contributed by atoms with Crippen molar-refractivity contribution in [3.63, 3.8) is 0 Å². The van der Waals surface area contributed by atoms with Gasteiger partial charge < -0.3 is 15.1 Å². The van der Waals surface area contributed by atoms with Crippen LogP contribution in [0.3, 0.4) is 0 Å². The first-order valence-electron chi connectivity index (χ1n) is 10.2. The SMILES string of the molecule is CN=C(NCC1CCCN(C(C)C)C1)N(C)CC1CCC(C)CC1.I. The lowest BCUT2D eigenvalue weighted by Gasteiger charge is -2.36. The summed E-state index contributed by atoms with van der Waals surface area (Å²) in [5.41, 5.74) is 0. The van der Waals surface area contributed by atoms with E-state index in [0.29, 0.717) is 6.04 Å². The van der Waals surface area contributed by atoms with Crippen LogP contribution in [0.5, 0.6) is 0 Å². The molecule has 5 heteroatoms. The lowest BCUT2D eigenvalue weighted by Crippen LogP contribution is -2.47. The summed E-state index contributed by atoms with van der Waals surface area (Å²) in [6, 6.07) is 0.670. The molecule has 1 unspecified atom stereocenters. The lowest BCUT2D eigenvalue weighted by molar-refractivity contribution is 0.140. The van der Waals surface area contributed by atoms with Crippen LogP contribution in [0, 0.1) is 17.8 Å². The Morgan fingerprint density at radius 2 is 1.84 bits per heavy atom. The number of nitrogens with zero attached hydrogens (tertiary/aromatic N) is 3. The molecule has 0 aromatic rings. The number of piperidine rings is 1. The van der Waals surface area contributed by atoms with Gasteiger partial charge in [0.25, 0.3) is 0 Å². The van der Waals surface area contributed by atoms with Crippen LogP contribution in [-0.4, -0.2) is 62.1 Å². The molecule has 1 heterocycles. The van der Waals surface area contributed by atoms with Crippen LogP contribution in [0.2, 0.25) is 0 Å². The predicted octanol–water partition coefficient (Wildman–Crippen LogP) is 4.06. The van der Waals surface area contributed by atoms with Gasteiger partial charge in [-0.05, 0) is 63.8 Å². The Balaban J connectivity index is 0.00000312. The van der Waals surface area contributed by atoms with Crippen LogP contribution in [0.15, 0.2) is 4.99 Å². The van der Waals surface area contributed by atoms with Gasteiger partial charge in [0.1, 0.15) is 0 Å². The van der Waals surface area contributed by atoms with E-state index in [1.807, 2.05) is 7.05 Å². The first kappa shape index (κ1) is 23.0. The van der Waals surface area contributed by atoms with E-state index in [-0.39, 0.29) is 24.0 Å². The second-order valence-electron chi connectivity index (χ2n) is 8.53. The van der Waals surface area contributed by atoms with E-state index in [1.165, 1.54) is 51.6 Å². The third kappa shape index (κ3) is 7.61. The molecule has 0 aromatic heterocycles. The van der Waals surface area contributed by atoms with Crippen LogP contribution in [0.25, 0.3) is 0 Å². The zero-order valence-electron chi connectivity index (χ0n) is 17.1. The molecule has 0 amide bonds. The molecule has 1 saturated heterocycles. The van der Waals surface area contributed by atoms with E-state index in [4.69, 9.17) is 0 Å². The molecular formula is C20H41IN4. The molecule has 0 aromatic carbocycles. The number of nitrogens with one attached hydrogen (secondary N) is 1. The van der Waals surface area contributed by atoms with Crippen molar-refractivity contribution in [3.05, 3.63) is 0 Å². The van der Waals surface area contributed by atoms with Crippen LogP contribution in [0.1, 0.15) is 59.3 Å². The van der Waals surface area contributed by atoms with Gasteiger partial charge in [-0.2, -0.15) is 0 Å². The molecule has 25 heavy (non-hydrogen) atoms. The first-order valence-corrected chi connectivity index (χ1v) is 10.2. The normalized spacial score (nSPS) is 28.6. The Hall–Kier alpha value is -0.0400. The van der Waals surface area contributed by atoms with E-state index in [1.54, 1.807) is 0 Å². The standard InChI is InChI=1S/C20H40N4.HI/c1-16(2)24-12-6-7-19(15-24)13-22-20(21-4)23(5)14-18-10-8-17(3)9-11-18;/h16-19H,6-15H2,1-5H3,(H,21,22);1H. The fourth-order valence-electron chi connectivity index (χ4n) is 4.34. The number of rotatable bonds is 5. The minimum absolute atomic E-state index is 0. The first-order chi connectivity index (χ1) is 11.5. The number of guanidine groups is 1. The Bertz CT molecular complexity index is 391. The molecule has 148 valence electrons. The quantitative estimate of drug-likeness (QED) is 0.378. The molecule has 1 saturated carbocycles. The van der Waals surface area contributed by atoms with Crippen LogP contribution in [-0.2, 0) is 0 Å². The van der Waals surface area contributed by atoms with Crippen molar-refractivity contribution in [2.24, 2.45) is 22.7 Å². The third-order valence-electron chi connectivity index (χ3n) is 6.07. The Kier molecular flexibility index (Phi) is 10.7. The average Bonchev–Trinajstić information content (AvgIpc) is 2.57. The Labute approximate surface area is 173 Å². The summed E-state index contributed by atoms with van der Waals surface area (Å²) in [7, 11) is 4.12. The monoisotopic (exact) mass is 464 g/mol. The Morgan fingerprint density at radius 3 is 2.44 bits per heavy atom. The summed E-state index contributed by atoms with van der Waals surface area (Å²) >= 11 is 0. The summed E-state index contributed by atoms with van der Waals surface area (Å²) in [5, 5.41) is 3.65. The molecule has 2 aliphatic rings. The second-order valence-corrected chi connectivity index (χ2v) is 8.53. The largest absolute Gasteiger partial charge is 0.356 e. The van der Waals surface area contributed by atoms with E-state index >= 15 is 0 Å². The zero-order chi connectivity index (χ0) is 17.5. The van der Waals surface area contributed by atoms with Crippen LogP contribution < -0.4 is 5.32 Å². The molecule has 1 aliphatic heterocycles. The number of hydrogen-bond acceptors (Lipinski definition) is 2. The minimum atomic E-state index is 0. The van der Waals surface area contributed by atoms with Gasteiger partial charge in [-0.3, -0.25) is 4.99 Å². The van der Waals surface area contributed by atoms with Gasteiger partial charge in [0.15, 0.2) is 5.96 Å². The van der Waals surface area contributed by atoms with Gasteiger partial charge in [0, 0.05) is 39.8 Å². The fraction of sp³-hybridized carbons (Fsp3) is 0.950. The highest BCUT2D eigenvalue weighted by Crippen LogP contribution is 2.28. The second kappa shape index (κ2) is 11.6. The van der Waals surface area contributed by atoms with E-state index in [0.717, 1.165) is 36.8 Å². The predicted molar refractivity (Wildman–Crippen MR) is 120 cm³/mol. The van der Waals surface area contributed by atoms with E-state index in [2.05, 4.69) is 47.9 Å². The van der Waals surface area contributed by atoms with Crippen molar-refractivity contribution in [3.8, 4) is 0 Å². The molecule has 1 N–H and O–H groups in total. The van der Waals surface area contributed by atoms with Crippen molar-refractivity contribution >= 4 is 29.9 Å². The topological polar surface area (TPSA) is 30.9 Å². The molecule has 0 bridgehead atoms. The average molecular weight is 464 g/mol.